The summed E-state index contributed by atoms with van der Waals surface area (Å²) in [6.45, 7) is 2.45. The van der Waals surface area contributed by atoms with E-state index in [0.717, 1.165) is 27.5 Å². The van der Waals surface area contributed by atoms with Crippen LogP contribution < -0.4 is 20.7 Å². The number of nitrogens with zero attached hydrogens (tertiary/aromatic N) is 2. The van der Waals surface area contributed by atoms with Crippen LogP contribution in [0.5, 0.6) is 5.88 Å². The number of urea groups is 1. The van der Waals surface area contributed by atoms with Gasteiger partial charge in [0.2, 0.25) is 5.88 Å². The number of carboxylic acid groups (broad SMARTS) is 1. The molecule has 9 nitrogen and oxygen atoms in total. The van der Waals surface area contributed by atoms with Crippen molar-refractivity contribution >= 4 is 28.7 Å². The van der Waals surface area contributed by atoms with Gasteiger partial charge in [0.25, 0.3) is 0 Å². The van der Waals surface area contributed by atoms with Gasteiger partial charge in [-0.25, -0.2) is 19.6 Å². The van der Waals surface area contributed by atoms with Crippen LogP contribution in [0.1, 0.15) is 12.5 Å². The second-order valence-electron chi connectivity index (χ2n) is 6.12. The lowest BCUT2D eigenvalue weighted by Crippen LogP contribution is -2.28. The van der Waals surface area contributed by atoms with Gasteiger partial charge >= 0.3 is 12.1 Å². The number of fused-ring (bicyclic) bond motifs is 1. The lowest BCUT2D eigenvalue weighted by molar-refractivity contribution is 0.194. The maximum atomic E-state index is 11.9. The van der Waals surface area contributed by atoms with Gasteiger partial charge in [0.15, 0.2) is 0 Å². The van der Waals surface area contributed by atoms with E-state index in [4.69, 9.17) is 9.84 Å². The predicted octanol–water partition coefficient (Wildman–Crippen LogP) is 3.21. The van der Waals surface area contributed by atoms with Gasteiger partial charge < -0.3 is 20.5 Å². The van der Waals surface area contributed by atoms with Crippen LogP contribution in [0, 0.1) is 0 Å². The van der Waals surface area contributed by atoms with Gasteiger partial charge in [0.05, 0.1) is 7.11 Å². The van der Waals surface area contributed by atoms with Crippen molar-refractivity contribution in [3.8, 4) is 17.0 Å². The molecule has 0 aliphatic heterocycles. The number of nitrogens with one attached hydrogen (secondary N) is 3. The number of carbonyl (C=O) groups is 2. The molecule has 0 fully saturated rings. The Kier molecular flexibility index (Phi) is 6.08. The van der Waals surface area contributed by atoms with Crippen LogP contribution in [0.4, 0.5) is 15.4 Å². The highest BCUT2D eigenvalue weighted by molar-refractivity contribution is 6.01. The van der Waals surface area contributed by atoms with Crippen LogP contribution >= 0.6 is 0 Å². The Morgan fingerprint density at radius 2 is 1.93 bits per heavy atom. The maximum Gasteiger partial charge on any atom is 0.404 e. The van der Waals surface area contributed by atoms with E-state index in [0.29, 0.717) is 18.2 Å². The minimum Gasteiger partial charge on any atom is -0.481 e. The van der Waals surface area contributed by atoms with Gasteiger partial charge in [0, 0.05) is 36.9 Å². The Bertz CT molecular complexity index is 1050. The number of pyridine rings is 2. The predicted molar refractivity (Wildman–Crippen MR) is 109 cm³/mol. The summed E-state index contributed by atoms with van der Waals surface area (Å²) in [4.78, 5) is 31.2. The first-order valence-corrected chi connectivity index (χ1v) is 8.95. The molecule has 0 bridgehead atoms. The van der Waals surface area contributed by atoms with Crippen molar-refractivity contribution < 1.29 is 19.4 Å². The summed E-state index contributed by atoms with van der Waals surface area (Å²) in [5, 5.41) is 18.2. The third-order valence-corrected chi connectivity index (χ3v) is 4.26. The highest BCUT2D eigenvalue weighted by Crippen LogP contribution is 2.33. The highest BCUT2D eigenvalue weighted by atomic mass is 16.5. The molecule has 2 aromatic heterocycles. The molecule has 0 spiro atoms. The van der Waals surface area contributed by atoms with Gasteiger partial charge in [-0.2, -0.15) is 0 Å². The quantitative estimate of drug-likeness (QED) is 0.508. The number of ether oxygens (including phenoxy) is 1. The van der Waals surface area contributed by atoms with E-state index in [1.165, 1.54) is 0 Å². The van der Waals surface area contributed by atoms with Gasteiger partial charge in [-0.3, -0.25) is 5.32 Å². The van der Waals surface area contributed by atoms with Crippen LogP contribution in [-0.2, 0) is 6.54 Å². The number of anilines is 1. The summed E-state index contributed by atoms with van der Waals surface area (Å²) in [6.07, 6.45) is 2.16. The van der Waals surface area contributed by atoms with E-state index in [9.17, 15) is 9.59 Å². The van der Waals surface area contributed by atoms with E-state index in [1.54, 1.807) is 31.6 Å². The van der Waals surface area contributed by atoms with Gasteiger partial charge in [0.1, 0.15) is 5.82 Å². The first kappa shape index (κ1) is 19.9. The minimum absolute atomic E-state index is 0.135. The van der Waals surface area contributed by atoms with Crippen LogP contribution in [0.3, 0.4) is 0 Å². The number of rotatable bonds is 6. The molecule has 0 saturated carbocycles. The number of amides is 3. The molecule has 29 heavy (non-hydrogen) atoms. The molecule has 0 saturated heterocycles. The summed E-state index contributed by atoms with van der Waals surface area (Å²) in [5.74, 6) is 0.857. The summed E-state index contributed by atoms with van der Waals surface area (Å²) < 4.78 is 5.22. The minimum atomic E-state index is -1.11. The highest BCUT2D eigenvalue weighted by Gasteiger charge is 2.12. The lowest BCUT2D eigenvalue weighted by Gasteiger charge is -2.14. The summed E-state index contributed by atoms with van der Waals surface area (Å²) in [6, 6.07) is 8.81. The number of carbonyl (C=O) groups excluding carboxylic acids is 1. The summed E-state index contributed by atoms with van der Waals surface area (Å²) >= 11 is 0. The number of methoxy groups -OCH3 is 1. The monoisotopic (exact) mass is 395 g/mol. The molecule has 9 heteroatoms. The third kappa shape index (κ3) is 4.70. The molecule has 0 aliphatic carbocycles. The molecule has 3 rings (SSSR count). The Balaban J connectivity index is 2.12. The fourth-order valence-electron chi connectivity index (χ4n) is 2.95. The summed E-state index contributed by atoms with van der Waals surface area (Å²) in [7, 11) is 1.54. The van der Waals surface area contributed by atoms with Gasteiger partial charge in [-0.05, 0) is 41.1 Å². The zero-order valence-electron chi connectivity index (χ0n) is 16.0. The molecule has 150 valence electrons. The zero-order chi connectivity index (χ0) is 20.8. The van der Waals surface area contributed by atoms with Crippen molar-refractivity contribution in [2.75, 3.05) is 19.0 Å². The second-order valence-corrected chi connectivity index (χ2v) is 6.12. The second kappa shape index (κ2) is 8.87. The maximum absolute atomic E-state index is 11.9. The molecule has 3 amide bonds. The fourth-order valence-corrected chi connectivity index (χ4v) is 2.95. The van der Waals surface area contributed by atoms with Crippen molar-refractivity contribution in [3.05, 3.63) is 48.3 Å². The SMILES string of the molecule is CCNC(=O)Nc1cc2c(-c3ccnc(OC)c3)ccc(CNC(=O)O)c2cn1. The molecular weight excluding hydrogens is 374 g/mol. The van der Waals surface area contributed by atoms with Crippen molar-refractivity contribution in [2.24, 2.45) is 0 Å². The van der Waals surface area contributed by atoms with E-state index in [-0.39, 0.29) is 12.6 Å². The molecular formula is C20H21N5O4. The normalized spacial score (nSPS) is 10.4. The van der Waals surface area contributed by atoms with Crippen LogP contribution in [0.15, 0.2) is 42.7 Å². The zero-order valence-corrected chi connectivity index (χ0v) is 16.0. The van der Waals surface area contributed by atoms with Crippen molar-refractivity contribution in [3.63, 3.8) is 0 Å². The van der Waals surface area contributed by atoms with Crippen molar-refractivity contribution in [1.29, 1.82) is 0 Å². The Morgan fingerprint density at radius 1 is 1.10 bits per heavy atom. The molecule has 0 atom stereocenters. The molecule has 4 N–H and O–H groups in total. The molecule has 3 aromatic rings. The van der Waals surface area contributed by atoms with E-state index in [1.807, 2.05) is 25.1 Å². The number of aromatic nitrogens is 2. The van der Waals surface area contributed by atoms with E-state index >= 15 is 0 Å². The van der Waals surface area contributed by atoms with Gasteiger partial charge in [-0.1, -0.05) is 12.1 Å². The first-order valence-electron chi connectivity index (χ1n) is 8.95. The van der Waals surface area contributed by atoms with Crippen LogP contribution in [0.2, 0.25) is 0 Å². The number of hydrogen-bond donors (Lipinski definition) is 4. The van der Waals surface area contributed by atoms with Crippen LogP contribution in [-0.4, -0.2) is 40.9 Å². The molecule has 2 heterocycles. The molecule has 0 radical (unpaired) electrons. The molecule has 0 unspecified atom stereocenters. The summed E-state index contributed by atoms with van der Waals surface area (Å²) in [5.41, 5.74) is 2.51. The Hall–Kier alpha value is -3.88. The van der Waals surface area contributed by atoms with E-state index < -0.39 is 6.09 Å². The van der Waals surface area contributed by atoms with Crippen LogP contribution in [0.25, 0.3) is 21.9 Å². The lowest BCUT2D eigenvalue weighted by atomic mass is 9.96. The fraction of sp³-hybridized carbons (Fsp3) is 0.200. The molecule has 0 aliphatic rings. The van der Waals surface area contributed by atoms with Crippen molar-refractivity contribution in [1.82, 2.24) is 20.6 Å². The third-order valence-electron chi connectivity index (χ3n) is 4.26. The average molecular weight is 395 g/mol. The average Bonchev–Trinajstić information content (AvgIpc) is 2.72. The topological polar surface area (TPSA) is 125 Å². The number of benzene rings is 1. The van der Waals surface area contributed by atoms with E-state index in [2.05, 4.69) is 25.9 Å². The first-order chi connectivity index (χ1) is 14.0. The van der Waals surface area contributed by atoms with Crippen molar-refractivity contribution in [2.45, 2.75) is 13.5 Å². The largest absolute Gasteiger partial charge is 0.481 e. The van der Waals surface area contributed by atoms with Gasteiger partial charge in [-0.15, -0.1) is 0 Å². The Labute approximate surface area is 167 Å². The number of hydrogen-bond acceptors (Lipinski definition) is 5. The Morgan fingerprint density at radius 3 is 2.66 bits per heavy atom. The standard InChI is InChI=1S/C20H21N5O4/c1-3-21-19(26)25-17-9-15-14(12-6-7-22-18(8-12)29-2)5-4-13(10-24-20(27)28)16(15)11-23-17/h4-9,11,24H,3,10H2,1-2H3,(H,27,28)(H2,21,23,25,26). The molecule has 1 aromatic carbocycles. The smallest absolute Gasteiger partial charge is 0.404 e.